The van der Waals surface area contributed by atoms with Gasteiger partial charge in [0.05, 0.1) is 10.6 Å². The van der Waals surface area contributed by atoms with E-state index in [4.69, 9.17) is 0 Å². The first-order valence-corrected chi connectivity index (χ1v) is 8.03. The summed E-state index contributed by atoms with van der Waals surface area (Å²) in [6.45, 7) is 3.84. The van der Waals surface area contributed by atoms with Gasteiger partial charge in [0.1, 0.15) is 11.4 Å². The zero-order valence-electron chi connectivity index (χ0n) is 12.0. The molecule has 3 heterocycles. The molecular formula is C16H18N2O2S. The number of thiophene rings is 1. The minimum absolute atomic E-state index is 0.300. The van der Waals surface area contributed by atoms with Gasteiger partial charge in [-0.1, -0.05) is 0 Å². The van der Waals surface area contributed by atoms with E-state index in [1.54, 1.807) is 17.4 Å². The predicted octanol–water partition coefficient (Wildman–Crippen LogP) is 3.81. The van der Waals surface area contributed by atoms with E-state index in [-0.39, 0.29) is 0 Å². The fraction of sp³-hybridized carbons (Fsp3) is 0.375. The fourth-order valence-corrected chi connectivity index (χ4v) is 3.51. The second-order valence-corrected chi connectivity index (χ2v) is 6.62. The Morgan fingerprint density at radius 3 is 2.57 bits per heavy atom. The van der Waals surface area contributed by atoms with Crippen LogP contribution < -0.4 is 4.90 Å². The molecule has 0 unspecified atom stereocenters. The van der Waals surface area contributed by atoms with Gasteiger partial charge >= 0.3 is 5.97 Å². The van der Waals surface area contributed by atoms with Gasteiger partial charge < -0.3 is 10.0 Å². The van der Waals surface area contributed by atoms with E-state index in [0.717, 1.165) is 36.5 Å². The number of nitrogens with zero attached hydrogens (tertiary/aromatic N) is 2. The smallest absolute Gasteiger partial charge is 0.339 e. The third-order valence-electron chi connectivity index (χ3n) is 3.75. The van der Waals surface area contributed by atoms with Crippen LogP contribution in [0, 0.1) is 6.92 Å². The molecule has 1 fully saturated rings. The number of anilines is 1. The number of pyridine rings is 1. The largest absolute Gasteiger partial charge is 0.478 e. The summed E-state index contributed by atoms with van der Waals surface area (Å²) >= 11 is 1.68. The molecule has 110 valence electrons. The Balaban J connectivity index is 2.03. The van der Waals surface area contributed by atoms with Crippen molar-refractivity contribution in [2.24, 2.45) is 0 Å². The van der Waals surface area contributed by atoms with Gasteiger partial charge in [0, 0.05) is 18.0 Å². The number of aryl methyl sites for hydroxylation is 1. The van der Waals surface area contributed by atoms with Crippen LogP contribution in [0.25, 0.3) is 10.6 Å². The number of carbonyl (C=O) groups is 1. The molecule has 2 aromatic rings. The van der Waals surface area contributed by atoms with E-state index in [1.807, 2.05) is 12.1 Å². The second-order valence-electron chi connectivity index (χ2n) is 5.33. The van der Waals surface area contributed by atoms with Gasteiger partial charge in [-0.25, -0.2) is 9.78 Å². The van der Waals surface area contributed by atoms with Crippen LogP contribution in [0.5, 0.6) is 0 Å². The Morgan fingerprint density at radius 1 is 1.19 bits per heavy atom. The fourth-order valence-electron chi connectivity index (χ4n) is 2.67. The monoisotopic (exact) mass is 302 g/mol. The molecule has 0 spiro atoms. The first-order chi connectivity index (χ1) is 10.1. The normalized spacial score (nSPS) is 15.2. The Bertz CT molecular complexity index is 660. The molecule has 1 aliphatic heterocycles. The molecule has 4 nitrogen and oxygen atoms in total. The molecule has 0 aromatic carbocycles. The summed E-state index contributed by atoms with van der Waals surface area (Å²) in [6, 6.07) is 7.60. The summed E-state index contributed by atoms with van der Waals surface area (Å²) < 4.78 is 0. The number of aromatic carboxylic acids is 1. The summed E-state index contributed by atoms with van der Waals surface area (Å²) in [7, 11) is 0. The van der Waals surface area contributed by atoms with Crippen LogP contribution in [0.15, 0.2) is 24.3 Å². The third kappa shape index (κ3) is 2.93. The number of piperidine rings is 1. The minimum atomic E-state index is -0.906. The topological polar surface area (TPSA) is 53.4 Å². The summed E-state index contributed by atoms with van der Waals surface area (Å²) in [5.41, 5.74) is 1.16. The number of hydrogen-bond donors (Lipinski definition) is 1. The average Bonchev–Trinajstić information content (AvgIpc) is 2.94. The van der Waals surface area contributed by atoms with Gasteiger partial charge in [-0.05, 0) is 50.5 Å². The van der Waals surface area contributed by atoms with E-state index >= 15 is 0 Å². The maximum Gasteiger partial charge on any atom is 0.339 e. The standard InChI is InChI=1S/C16H18N2O2S/c1-11-5-8-14(21-11)13-7-6-12(16(19)20)15(17-13)18-9-3-2-4-10-18/h5-8H,2-4,9-10H2,1H3,(H,19,20). The Hall–Kier alpha value is -1.88. The molecule has 3 rings (SSSR count). The molecule has 0 saturated carbocycles. The molecular weight excluding hydrogens is 284 g/mol. The van der Waals surface area contributed by atoms with Crippen molar-refractivity contribution in [2.75, 3.05) is 18.0 Å². The lowest BCUT2D eigenvalue weighted by Gasteiger charge is -2.29. The molecule has 0 amide bonds. The zero-order valence-corrected chi connectivity index (χ0v) is 12.8. The van der Waals surface area contributed by atoms with Gasteiger partial charge in [0.2, 0.25) is 0 Å². The number of carboxylic acid groups (broad SMARTS) is 1. The SMILES string of the molecule is Cc1ccc(-c2ccc(C(=O)O)c(N3CCCCC3)n2)s1. The summed E-state index contributed by atoms with van der Waals surface area (Å²) in [5.74, 6) is -0.289. The minimum Gasteiger partial charge on any atom is -0.478 e. The van der Waals surface area contributed by atoms with Gasteiger partial charge in [-0.2, -0.15) is 0 Å². The van der Waals surface area contributed by atoms with E-state index in [9.17, 15) is 9.90 Å². The molecule has 2 aromatic heterocycles. The third-order valence-corrected chi connectivity index (χ3v) is 4.78. The van der Waals surface area contributed by atoms with Crippen LogP contribution in [0.4, 0.5) is 5.82 Å². The quantitative estimate of drug-likeness (QED) is 0.936. The lowest BCUT2D eigenvalue weighted by Crippen LogP contribution is -2.31. The molecule has 1 saturated heterocycles. The maximum atomic E-state index is 11.5. The molecule has 0 aliphatic carbocycles. The van der Waals surface area contributed by atoms with Crippen LogP contribution in [0.3, 0.4) is 0 Å². The van der Waals surface area contributed by atoms with Crippen LogP contribution >= 0.6 is 11.3 Å². The zero-order chi connectivity index (χ0) is 14.8. The molecule has 0 radical (unpaired) electrons. The van der Waals surface area contributed by atoms with Gasteiger partial charge in [0.15, 0.2) is 0 Å². The first kappa shape index (κ1) is 14.1. The highest BCUT2D eigenvalue weighted by Crippen LogP contribution is 2.30. The van der Waals surface area contributed by atoms with Crippen molar-refractivity contribution in [2.45, 2.75) is 26.2 Å². The Morgan fingerprint density at radius 2 is 1.95 bits per heavy atom. The lowest BCUT2D eigenvalue weighted by atomic mass is 10.1. The summed E-state index contributed by atoms with van der Waals surface area (Å²) in [6.07, 6.45) is 3.41. The van der Waals surface area contributed by atoms with Crippen molar-refractivity contribution in [3.05, 3.63) is 34.7 Å². The van der Waals surface area contributed by atoms with Crippen molar-refractivity contribution in [1.82, 2.24) is 4.98 Å². The van der Waals surface area contributed by atoms with Gasteiger partial charge in [-0.3, -0.25) is 0 Å². The second kappa shape index (κ2) is 5.85. The number of carboxylic acids is 1. The van der Waals surface area contributed by atoms with E-state index < -0.39 is 5.97 Å². The van der Waals surface area contributed by atoms with Crippen molar-refractivity contribution in [1.29, 1.82) is 0 Å². The lowest BCUT2D eigenvalue weighted by molar-refractivity contribution is 0.0697. The van der Waals surface area contributed by atoms with Crippen molar-refractivity contribution in [3.8, 4) is 10.6 Å². The Kier molecular flexibility index (Phi) is 3.92. The van der Waals surface area contributed by atoms with Crippen molar-refractivity contribution in [3.63, 3.8) is 0 Å². The highest BCUT2D eigenvalue weighted by molar-refractivity contribution is 7.15. The van der Waals surface area contributed by atoms with E-state index in [2.05, 4.69) is 22.9 Å². The van der Waals surface area contributed by atoms with Crippen molar-refractivity contribution < 1.29 is 9.90 Å². The van der Waals surface area contributed by atoms with Gasteiger partial charge in [0.25, 0.3) is 0 Å². The van der Waals surface area contributed by atoms with E-state index in [0.29, 0.717) is 11.4 Å². The predicted molar refractivity (Wildman–Crippen MR) is 85.3 cm³/mol. The number of aromatic nitrogens is 1. The number of hydrogen-bond acceptors (Lipinski definition) is 4. The Labute approximate surface area is 128 Å². The number of rotatable bonds is 3. The van der Waals surface area contributed by atoms with Crippen LogP contribution in [0.2, 0.25) is 0 Å². The summed E-state index contributed by atoms with van der Waals surface area (Å²) in [4.78, 5) is 20.5. The molecule has 5 heteroatoms. The van der Waals surface area contributed by atoms with Crippen molar-refractivity contribution >= 4 is 23.1 Å². The highest BCUT2D eigenvalue weighted by atomic mass is 32.1. The molecule has 0 bridgehead atoms. The highest BCUT2D eigenvalue weighted by Gasteiger charge is 2.20. The molecule has 1 N–H and O–H groups in total. The average molecular weight is 302 g/mol. The molecule has 21 heavy (non-hydrogen) atoms. The maximum absolute atomic E-state index is 11.5. The first-order valence-electron chi connectivity index (χ1n) is 7.21. The van der Waals surface area contributed by atoms with Gasteiger partial charge in [-0.15, -0.1) is 11.3 Å². The van der Waals surface area contributed by atoms with Crippen LogP contribution in [-0.4, -0.2) is 29.1 Å². The van der Waals surface area contributed by atoms with Crippen LogP contribution in [-0.2, 0) is 0 Å². The van der Waals surface area contributed by atoms with Crippen LogP contribution in [0.1, 0.15) is 34.5 Å². The summed E-state index contributed by atoms with van der Waals surface area (Å²) in [5, 5.41) is 9.40. The van der Waals surface area contributed by atoms with E-state index in [1.165, 1.54) is 11.3 Å². The molecule has 0 atom stereocenters. The molecule has 1 aliphatic rings.